The van der Waals surface area contributed by atoms with Crippen LogP contribution in [0.4, 0.5) is 5.69 Å². The van der Waals surface area contributed by atoms with Gasteiger partial charge in [0.1, 0.15) is 0 Å². The van der Waals surface area contributed by atoms with Crippen LogP contribution in [0.5, 0.6) is 0 Å². The summed E-state index contributed by atoms with van der Waals surface area (Å²) < 4.78 is 7.13. The summed E-state index contributed by atoms with van der Waals surface area (Å²) in [5.74, 6) is -0.796. The molecule has 0 fully saturated rings. The van der Waals surface area contributed by atoms with Gasteiger partial charge in [-0.25, -0.2) is 4.79 Å². The Morgan fingerprint density at radius 3 is 2.21 bits per heavy atom. The third-order valence-corrected chi connectivity index (χ3v) is 6.67. The first kappa shape index (κ1) is 23.6. The Morgan fingerprint density at radius 1 is 0.941 bits per heavy atom. The van der Waals surface area contributed by atoms with Crippen LogP contribution in [0.25, 0.3) is 11.8 Å². The van der Waals surface area contributed by atoms with E-state index in [1.165, 1.54) is 7.11 Å². The van der Waals surface area contributed by atoms with Gasteiger partial charge >= 0.3 is 5.97 Å². The molecular weight excluding hydrogens is 448 g/mol. The average molecular weight is 475 g/mol. The van der Waals surface area contributed by atoms with Crippen LogP contribution in [0.15, 0.2) is 65.4 Å². The molecule has 4 rings (SSSR count). The predicted molar refractivity (Wildman–Crippen MR) is 136 cm³/mol. The Bertz CT molecular complexity index is 1380. The van der Waals surface area contributed by atoms with Crippen LogP contribution in [-0.4, -0.2) is 23.6 Å². The van der Waals surface area contributed by atoms with Crippen LogP contribution >= 0.6 is 11.6 Å². The highest BCUT2D eigenvalue weighted by Gasteiger charge is 2.38. The number of carbonyl (C=O) groups is 2. The zero-order valence-corrected chi connectivity index (χ0v) is 20.9. The smallest absolute Gasteiger partial charge is 0.340 e. The van der Waals surface area contributed by atoms with Gasteiger partial charge in [-0.1, -0.05) is 35.4 Å². The number of carbonyl (C=O) groups excluding carboxylic acids is 2. The highest BCUT2D eigenvalue weighted by molar-refractivity contribution is 6.31. The van der Waals surface area contributed by atoms with Gasteiger partial charge in [0.25, 0.3) is 5.91 Å². The molecule has 0 saturated carbocycles. The summed E-state index contributed by atoms with van der Waals surface area (Å²) in [4.78, 5) is 27.9. The van der Waals surface area contributed by atoms with Crippen molar-refractivity contribution in [3.8, 4) is 5.69 Å². The summed E-state index contributed by atoms with van der Waals surface area (Å²) in [6.07, 6.45) is 1.78. The van der Waals surface area contributed by atoms with E-state index in [9.17, 15) is 9.59 Å². The van der Waals surface area contributed by atoms with E-state index < -0.39 is 5.97 Å². The lowest BCUT2D eigenvalue weighted by molar-refractivity contribution is -0.136. The molecule has 0 saturated heterocycles. The summed E-state index contributed by atoms with van der Waals surface area (Å²) in [5, 5.41) is 0.691. The minimum atomic E-state index is -0.536. The maximum atomic E-state index is 13.6. The summed E-state index contributed by atoms with van der Waals surface area (Å²) in [6.45, 7) is 9.70. The van der Waals surface area contributed by atoms with Crippen molar-refractivity contribution in [2.45, 2.75) is 34.6 Å². The lowest BCUT2D eigenvalue weighted by Crippen LogP contribution is -2.24. The standard InChI is InChI=1S/C28H27ClN2O3/c1-16-7-10-22(11-8-16)31-20(5)26(28(33)34-6)24(27(31)32)14-21-13-18(3)30(19(21)4)23-12-9-17(2)25(29)15-23/h7-15H,1-6H3/b24-14-. The second kappa shape index (κ2) is 8.99. The van der Waals surface area contributed by atoms with E-state index >= 15 is 0 Å². The summed E-state index contributed by atoms with van der Waals surface area (Å²) in [6, 6.07) is 15.6. The molecule has 0 unspecified atom stereocenters. The molecule has 34 heavy (non-hydrogen) atoms. The minimum absolute atomic E-state index is 0.259. The van der Waals surface area contributed by atoms with Crippen LogP contribution in [-0.2, 0) is 14.3 Å². The molecule has 3 aromatic rings. The zero-order chi connectivity index (χ0) is 24.7. The largest absolute Gasteiger partial charge is 0.465 e. The van der Waals surface area contributed by atoms with Gasteiger partial charge in [-0.3, -0.25) is 9.69 Å². The van der Waals surface area contributed by atoms with Gasteiger partial charge in [0.15, 0.2) is 0 Å². The van der Waals surface area contributed by atoms with E-state index in [1.54, 1.807) is 17.9 Å². The molecule has 5 nitrogen and oxygen atoms in total. The number of methoxy groups -OCH3 is 1. The Balaban J connectivity index is 1.84. The average Bonchev–Trinajstić information content (AvgIpc) is 3.22. The first-order valence-corrected chi connectivity index (χ1v) is 11.4. The van der Waals surface area contributed by atoms with E-state index in [1.807, 2.05) is 76.2 Å². The van der Waals surface area contributed by atoms with Crippen molar-refractivity contribution in [1.29, 1.82) is 0 Å². The summed E-state index contributed by atoms with van der Waals surface area (Å²) in [7, 11) is 1.33. The Morgan fingerprint density at radius 2 is 1.59 bits per heavy atom. The maximum absolute atomic E-state index is 13.6. The van der Waals surface area contributed by atoms with E-state index in [0.29, 0.717) is 22.0 Å². The van der Waals surface area contributed by atoms with Crippen molar-refractivity contribution in [3.63, 3.8) is 0 Å². The number of halogens is 1. The van der Waals surface area contributed by atoms with Crippen molar-refractivity contribution in [3.05, 3.63) is 98.5 Å². The second-order valence-electron chi connectivity index (χ2n) is 8.58. The number of amides is 1. The number of rotatable bonds is 4. The van der Waals surface area contributed by atoms with Crippen molar-refractivity contribution in [2.75, 3.05) is 12.0 Å². The third kappa shape index (κ3) is 3.97. The van der Waals surface area contributed by atoms with Crippen LogP contribution in [0, 0.1) is 27.7 Å². The molecule has 2 heterocycles. The number of aryl methyl sites for hydroxylation is 3. The molecular formula is C28H27ClN2O3. The van der Waals surface area contributed by atoms with E-state index in [2.05, 4.69) is 4.57 Å². The molecule has 0 bridgehead atoms. The molecule has 0 aliphatic carbocycles. The SMILES string of the molecule is COC(=O)C1=C(C)N(c2ccc(C)cc2)C(=O)/C1=C\c1cc(C)n(-c2ccc(C)c(Cl)c2)c1C. The Hall–Kier alpha value is -3.57. The molecule has 6 heteroatoms. The molecule has 1 aliphatic rings. The van der Waals surface area contributed by atoms with Crippen molar-refractivity contribution in [1.82, 2.24) is 4.57 Å². The number of aromatic nitrogens is 1. The maximum Gasteiger partial charge on any atom is 0.340 e. The fourth-order valence-electron chi connectivity index (χ4n) is 4.39. The van der Waals surface area contributed by atoms with Crippen LogP contribution in [0.3, 0.4) is 0 Å². The second-order valence-corrected chi connectivity index (χ2v) is 8.99. The number of allylic oxidation sites excluding steroid dienone is 1. The number of ether oxygens (including phenoxy) is 1. The lowest BCUT2D eigenvalue weighted by atomic mass is 10.0. The van der Waals surface area contributed by atoms with Gasteiger partial charge in [-0.05, 0) is 82.2 Å². The number of esters is 1. The highest BCUT2D eigenvalue weighted by Crippen LogP contribution is 2.36. The molecule has 1 aliphatic heterocycles. The molecule has 0 spiro atoms. The molecule has 1 amide bonds. The first-order chi connectivity index (χ1) is 16.1. The molecule has 174 valence electrons. The number of hydrogen-bond donors (Lipinski definition) is 0. The molecule has 2 aromatic carbocycles. The number of anilines is 1. The Kier molecular flexibility index (Phi) is 6.24. The van der Waals surface area contributed by atoms with Gasteiger partial charge in [0, 0.05) is 33.5 Å². The number of hydrogen-bond acceptors (Lipinski definition) is 3. The van der Waals surface area contributed by atoms with E-state index in [0.717, 1.165) is 33.8 Å². The normalized spacial score (nSPS) is 15.0. The van der Waals surface area contributed by atoms with Gasteiger partial charge in [-0.15, -0.1) is 0 Å². The van der Waals surface area contributed by atoms with Gasteiger partial charge in [0.2, 0.25) is 0 Å². The fourth-order valence-corrected chi connectivity index (χ4v) is 4.57. The van der Waals surface area contributed by atoms with Crippen LogP contribution in [0.2, 0.25) is 5.02 Å². The summed E-state index contributed by atoms with van der Waals surface area (Å²) >= 11 is 6.37. The predicted octanol–water partition coefficient (Wildman–Crippen LogP) is 6.24. The van der Waals surface area contributed by atoms with Gasteiger partial charge < -0.3 is 9.30 Å². The number of nitrogens with zero attached hydrogens (tertiary/aromatic N) is 2. The van der Waals surface area contributed by atoms with Gasteiger partial charge in [-0.2, -0.15) is 0 Å². The van der Waals surface area contributed by atoms with Crippen molar-refractivity contribution in [2.24, 2.45) is 0 Å². The summed E-state index contributed by atoms with van der Waals surface area (Å²) in [5.41, 5.74) is 7.65. The van der Waals surface area contributed by atoms with Crippen LogP contribution in [0.1, 0.15) is 35.0 Å². The Labute approximate surface area is 204 Å². The molecule has 1 aromatic heterocycles. The topological polar surface area (TPSA) is 51.5 Å². The fraction of sp³-hybridized carbons (Fsp3) is 0.214. The zero-order valence-electron chi connectivity index (χ0n) is 20.2. The number of benzene rings is 2. The molecule has 0 atom stereocenters. The van der Waals surface area contributed by atoms with Crippen molar-refractivity contribution < 1.29 is 14.3 Å². The minimum Gasteiger partial charge on any atom is -0.465 e. The third-order valence-electron chi connectivity index (χ3n) is 6.27. The molecule has 0 N–H and O–H groups in total. The van der Waals surface area contributed by atoms with E-state index in [-0.39, 0.29) is 11.5 Å². The first-order valence-electron chi connectivity index (χ1n) is 11.0. The molecule has 0 radical (unpaired) electrons. The van der Waals surface area contributed by atoms with Crippen LogP contribution < -0.4 is 4.90 Å². The van der Waals surface area contributed by atoms with E-state index in [4.69, 9.17) is 16.3 Å². The highest BCUT2D eigenvalue weighted by atomic mass is 35.5. The monoisotopic (exact) mass is 474 g/mol. The quantitative estimate of drug-likeness (QED) is 0.332. The lowest BCUT2D eigenvalue weighted by Gasteiger charge is -2.18. The van der Waals surface area contributed by atoms with Crippen molar-refractivity contribution >= 4 is 35.2 Å². The van der Waals surface area contributed by atoms with Gasteiger partial charge in [0.05, 0.1) is 18.3 Å².